The molecule has 0 saturated heterocycles. The van der Waals surface area contributed by atoms with E-state index in [-0.39, 0.29) is 0 Å². The van der Waals surface area contributed by atoms with Crippen molar-refractivity contribution in [3.63, 3.8) is 0 Å². The lowest BCUT2D eigenvalue weighted by Crippen LogP contribution is -1.96. The van der Waals surface area contributed by atoms with Crippen molar-refractivity contribution in [1.29, 1.82) is 0 Å². The van der Waals surface area contributed by atoms with Crippen LogP contribution < -0.4 is 0 Å². The number of fused-ring (bicyclic) bond motifs is 4. The van der Waals surface area contributed by atoms with E-state index in [9.17, 15) is 0 Å². The number of aromatic nitrogens is 2. The van der Waals surface area contributed by atoms with Gasteiger partial charge in [0, 0.05) is 26.4 Å². The average molecular weight is 527 g/mol. The molecule has 0 aliphatic rings. The van der Waals surface area contributed by atoms with Gasteiger partial charge in [-0.05, 0) is 47.2 Å². The molecule has 0 spiro atoms. The molecule has 0 aliphatic heterocycles. The average Bonchev–Trinajstić information content (AvgIpc) is 3.32. The van der Waals surface area contributed by atoms with Crippen LogP contribution in [0.2, 0.25) is 0 Å². The molecule has 36 heavy (non-hydrogen) atoms. The third-order valence-electron chi connectivity index (χ3n) is 6.54. The van der Waals surface area contributed by atoms with Crippen LogP contribution >= 0.6 is 15.9 Å². The number of furan rings is 1. The lowest BCUT2D eigenvalue weighted by molar-refractivity contribution is 0.669. The van der Waals surface area contributed by atoms with Gasteiger partial charge in [0.05, 0.1) is 17.0 Å². The third-order valence-corrected chi connectivity index (χ3v) is 7.03. The van der Waals surface area contributed by atoms with Crippen LogP contribution in [0, 0.1) is 0 Å². The van der Waals surface area contributed by atoms with Crippen molar-refractivity contribution in [2.75, 3.05) is 0 Å². The maximum Gasteiger partial charge on any atom is 0.164 e. The van der Waals surface area contributed by atoms with Crippen LogP contribution in [0.1, 0.15) is 0 Å². The molecule has 0 unspecified atom stereocenters. The summed E-state index contributed by atoms with van der Waals surface area (Å²) in [6.07, 6.45) is 0. The van der Waals surface area contributed by atoms with Crippen LogP contribution in [0.25, 0.3) is 66.6 Å². The molecule has 0 saturated carbocycles. The summed E-state index contributed by atoms with van der Waals surface area (Å²) >= 11 is 3.57. The number of para-hydroxylation sites is 2. The Morgan fingerprint density at radius 3 is 2.17 bits per heavy atom. The van der Waals surface area contributed by atoms with E-state index in [1.807, 2.05) is 48.5 Å². The van der Waals surface area contributed by atoms with Crippen molar-refractivity contribution in [1.82, 2.24) is 9.97 Å². The number of hydrogen-bond acceptors (Lipinski definition) is 3. The standard InChI is InChI=1S/C32H19BrN2O/c33-24-16-15-21-17-23(14-13-22(21)18-24)29-19-28(20-7-2-1-3-8-20)34-32(35-29)27-11-6-10-26-25-9-4-5-12-30(25)36-31(26)27/h1-19H. The first-order valence-corrected chi connectivity index (χ1v) is 12.6. The van der Waals surface area contributed by atoms with Crippen LogP contribution in [-0.4, -0.2) is 9.97 Å². The van der Waals surface area contributed by atoms with Crippen molar-refractivity contribution < 1.29 is 4.42 Å². The van der Waals surface area contributed by atoms with Crippen molar-refractivity contribution in [3.8, 4) is 33.9 Å². The van der Waals surface area contributed by atoms with Gasteiger partial charge >= 0.3 is 0 Å². The van der Waals surface area contributed by atoms with Crippen molar-refractivity contribution >= 4 is 48.6 Å². The molecule has 0 atom stereocenters. The first-order chi connectivity index (χ1) is 17.7. The van der Waals surface area contributed by atoms with Gasteiger partial charge in [0.15, 0.2) is 5.82 Å². The Balaban J connectivity index is 1.48. The zero-order chi connectivity index (χ0) is 24.1. The molecule has 3 nitrogen and oxygen atoms in total. The summed E-state index contributed by atoms with van der Waals surface area (Å²) in [7, 11) is 0. The van der Waals surface area contributed by atoms with Gasteiger partial charge in [-0.25, -0.2) is 9.97 Å². The summed E-state index contributed by atoms with van der Waals surface area (Å²) in [6.45, 7) is 0. The number of hydrogen-bond donors (Lipinski definition) is 0. The number of halogens is 1. The minimum absolute atomic E-state index is 0.645. The maximum atomic E-state index is 6.31. The highest BCUT2D eigenvalue weighted by atomic mass is 79.9. The second-order valence-electron chi connectivity index (χ2n) is 8.81. The number of benzene rings is 5. The lowest BCUT2D eigenvalue weighted by Gasteiger charge is -2.10. The van der Waals surface area contributed by atoms with Gasteiger partial charge in [0.2, 0.25) is 0 Å². The fourth-order valence-electron chi connectivity index (χ4n) is 4.77. The molecule has 4 heteroatoms. The highest BCUT2D eigenvalue weighted by molar-refractivity contribution is 9.10. The minimum Gasteiger partial charge on any atom is -0.455 e. The maximum absolute atomic E-state index is 6.31. The molecule has 0 fully saturated rings. The van der Waals surface area contributed by atoms with E-state index in [1.165, 1.54) is 5.39 Å². The fraction of sp³-hybridized carbons (Fsp3) is 0. The smallest absolute Gasteiger partial charge is 0.164 e. The second-order valence-corrected chi connectivity index (χ2v) is 9.73. The van der Waals surface area contributed by atoms with E-state index < -0.39 is 0 Å². The molecule has 0 N–H and O–H groups in total. The molecule has 0 amide bonds. The Kier molecular flexibility index (Phi) is 4.93. The van der Waals surface area contributed by atoms with Crippen LogP contribution in [-0.2, 0) is 0 Å². The summed E-state index contributed by atoms with van der Waals surface area (Å²) in [5.74, 6) is 0.645. The summed E-state index contributed by atoms with van der Waals surface area (Å²) in [5.41, 5.74) is 6.38. The van der Waals surface area contributed by atoms with E-state index >= 15 is 0 Å². The first-order valence-electron chi connectivity index (χ1n) is 11.8. The Labute approximate surface area is 216 Å². The minimum atomic E-state index is 0.645. The molecule has 170 valence electrons. The quantitative estimate of drug-likeness (QED) is 0.230. The Morgan fingerprint density at radius 1 is 0.556 bits per heavy atom. The molecule has 5 aromatic carbocycles. The Morgan fingerprint density at radius 2 is 1.28 bits per heavy atom. The van der Waals surface area contributed by atoms with E-state index in [0.29, 0.717) is 5.82 Å². The van der Waals surface area contributed by atoms with Gasteiger partial charge in [0.25, 0.3) is 0 Å². The molecule has 7 aromatic rings. The van der Waals surface area contributed by atoms with E-state index in [1.54, 1.807) is 0 Å². The Bertz CT molecular complexity index is 1910. The highest BCUT2D eigenvalue weighted by Gasteiger charge is 2.16. The molecular formula is C32H19BrN2O. The third kappa shape index (κ3) is 3.58. The van der Waals surface area contributed by atoms with Gasteiger partial charge in [-0.3, -0.25) is 0 Å². The van der Waals surface area contributed by atoms with Gasteiger partial charge in [-0.15, -0.1) is 0 Å². The summed E-state index contributed by atoms with van der Waals surface area (Å²) in [4.78, 5) is 10.1. The highest BCUT2D eigenvalue weighted by Crippen LogP contribution is 2.36. The first kappa shape index (κ1) is 21.0. The molecule has 0 radical (unpaired) electrons. The summed E-state index contributed by atoms with van der Waals surface area (Å²) in [6, 6.07) is 39.4. The number of rotatable bonds is 3. The lowest BCUT2D eigenvalue weighted by atomic mass is 10.0. The molecule has 0 aliphatic carbocycles. The van der Waals surface area contributed by atoms with Gasteiger partial charge in [-0.2, -0.15) is 0 Å². The van der Waals surface area contributed by atoms with Crippen molar-refractivity contribution in [3.05, 3.63) is 120 Å². The van der Waals surface area contributed by atoms with Gasteiger partial charge in [-0.1, -0.05) is 94.8 Å². The second kappa shape index (κ2) is 8.43. The SMILES string of the molecule is Brc1ccc2cc(-c3cc(-c4ccccc4)nc(-c4cccc5c4oc4ccccc45)n3)ccc2c1. The molecule has 7 rings (SSSR count). The monoisotopic (exact) mass is 526 g/mol. The molecule has 2 heterocycles. The predicted molar refractivity (Wildman–Crippen MR) is 151 cm³/mol. The summed E-state index contributed by atoms with van der Waals surface area (Å²) < 4.78 is 7.38. The van der Waals surface area contributed by atoms with Crippen LogP contribution in [0.5, 0.6) is 0 Å². The largest absolute Gasteiger partial charge is 0.455 e. The van der Waals surface area contributed by atoms with Crippen molar-refractivity contribution in [2.24, 2.45) is 0 Å². The molecule has 2 aromatic heterocycles. The normalized spacial score (nSPS) is 11.5. The Hall–Kier alpha value is -4.28. The van der Waals surface area contributed by atoms with Crippen molar-refractivity contribution in [2.45, 2.75) is 0 Å². The summed E-state index contributed by atoms with van der Waals surface area (Å²) in [5, 5.41) is 4.50. The van der Waals surface area contributed by atoms with Gasteiger partial charge in [0.1, 0.15) is 11.2 Å². The molecule has 0 bridgehead atoms. The zero-order valence-electron chi connectivity index (χ0n) is 19.2. The molecular weight excluding hydrogens is 508 g/mol. The zero-order valence-corrected chi connectivity index (χ0v) is 20.7. The van der Waals surface area contributed by atoms with Crippen LogP contribution in [0.15, 0.2) is 124 Å². The predicted octanol–water partition coefficient (Wildman–Crippen LogP) is 9.29. The van der Waals surface area contributed by atoms with Crippen LogP contribution in [0.3, 0.4) is 0 Å². The van der Waals surface area contributed by atoms with Gasteiger partial charge < -0.3 is 4.42 Å². The van der Waals surface area contributed by atoms with E-state index in [4.69, 9.17) is 14.4 Å². The van der Waals surface area contributed by atoms with E-state index in [2.05, 4.69) is 82.7 Å². The van der Waals surface area contributed by atoms with Crippen LogP contribution in [0.4, 0.5) is 0 Å². The topological polar surface area (TPSA) is 38.9 Å². The fourth-order valence-corrected chi connectivity index (χ4v) is 5.15. The van der Waals surface area contributed by atoms with E-state index in [0.717, 1.165) is 59.9 Å². The number of nitrogens with zero attached hydrogens (tertiary/aromatic N) is 2.